The molecule has 1 unspecified atom stereocenters. The lowest BCUT2D eigenvalue weighted by Gasteiger charge is -2.29. The van der Waals surface area contributed by atoms with Crippen LogP contribution < -0.4 is 5.32 Å². The molecule has 1 aliphatic carbocycles. The number of nitrogens with one attached hydrogen (secondary N) is 1. The van der Waals surface area contributed by atoms with Gasteiger partial charge in [-0.15, -0.1) is 6.58 Å². The first-order valence-corrected chi connectivity index (χ1v) is 11.5. The van der Waals surface area contributed by atoms with Crippen molar-refractivity contribution in [3.63, 3.8) is 0 Å². The van der Waals surface area contributed by atoms with Crippen LogP contribution in [-0.4, -0.2) is 39.7 Å². The van der Waals surface area contributed by atoms with E-state index in [1.54, 1.807) is 30.3 Å². The molecule has 0 aromatic heterocycles. The summed E-state index contributed by atoms with van der Waals surface area (Å²) < 4.78 is 0. The second kappa shape index (κ2) is 10.8. The number of hydrogen-bond donors (Lipinski definition) is 1. The summed E-state index contributed by atoms with van der Waals surface area (Å²) in [5.41, 5.74) is 0.673. The monoisotopic (exact) mass is 433 g/mol. The zero-order chi connectivity index (χ0) is 20.6. The molecular weight excluding hydrogens is 406 g/mol. The number of benzene rings is 1. The Morgan fingerprint density at radius 2 is 1.86 bits per heavy atom. The van der Waals surface area contributed by atoms with Crippen LogP contribution in [-0.2, 0) is 9.59 Å². The van der Waals surface area contributed by atoms with Crippen LogP contribution >= 0.6 is 23.4 Å². The molecule has 156 valence electrons. The van der Waals surface area contributed by atoms with Gasteiger partial charge >= 0.3 is 0 Å². The topological polar surface area (TPSA) is 61.8 Å². The highest BCUT2D eigenvalue weighted by Crippen LogP contribution is 2.35. The van der Waals surface area contributed by atoms with Gasteiger partial charge in [-0.25, -0.2) is 0 Å². The lowest BCUT2D eigenvalue weighted by Crippen LogP contribution is -2.42. The summed E-state index contributed by atoms with van der Waals surface area (Å²) in [5.74, 6) is -0.171. The van der Waals surface area contributed by atoms with Gasteiger partial charge in [-0.2, -0.15) is 0 Å². The minimum atomic E-state index is -0.434. The molecule has 7 heteroatoms. The minimum absolute atomic E-state index is 0.00893. The number of halogens is 1. The highest BCUT2D eigenvalue weighted by molar-refractivity contribution is 8.15. The van der Waals surface area contributed by atoms with E-state index in [1.807, 2.05) is 4.90 Å². The summed E-state index contributed by atoms with van der Waals surface area (Å²) in [6, 6.07) is 7.14. The van der Waals surface area contributed by atoms with Crippen LogP contribution in [0.25, 0.3) is 0 Å². The van der Waals surface area contributed by atoms with Gasteiger partial charge in [0, 0.05) is 23.2 Å². The van der Waals surface area contributed by atoms with Gasteiger partial charge in [0.1, 0.15) is 5.25 Å². The minimum Gasteiger partial charge on any atom is -0.326 e. The van der Waals surface area contributed by atoms with E-state index in [-0.39, 0.29) is 24.3 Å². The van der Waals surface area contributed by atoms with Crippen molar-refractivity contribution in [2.75, 3.05) is 11.9 Å². The fourth-order valence-electron chi connectivity index (χ4n) is 3.81. The number of rotatable bonds is 6. The molecule has 1 heterocycles. The van der Waals surface area contributed by atoms with E-state index in [0.717, 1.165) is 30.9 Å². The van der Waals surface area contributed by atoms with Crippen molar-refractivity contribution in [3.05, 3.63) is 41.9 Å². The molecule has 2 fully saturated rings. The molecule has 2 amide bonds. The molecule has 1 aliphatic heterocycles. The summed E-state index contributed by atoms with van der Waals surface area (Å²) in [7, 11) is 0. The van der Waals surface area contributed by atoms with E-state index >= 15 is 0 Å². The number of hydrogen-bond acceptors (Lipinski definition) is 4. The molecule has 29 heavy (non-hydrogen) atoms. The van der Waals surface area contributed by atoms with Crippen LogP contribution in [0.15, 0.2) is 41.9 Å². The number of carbonyl (C=O) groups excluding carboxylic acids is 2. The van der Waals surface area contributed by atoms with Gasteiger partial charge in [-0.3, -0.25) is 19.5 Å². The SMILES string of the molecule is C=CCN=C1SC(CC(=O)Nc2ccc(Cl)cc2)C(=O)N1C1CCCCCCC1. The highest BCUT2D eigenvalue weighted by Gasteiger charge is 2.42. The van der Waals surface area contributed by atoms with Gasteiger partial charge in [0.05, 0.1) is 6.54 Å². The van der Waals surface area contributed by atoms with E-state index in [4.69, 9.17) is 11.6 Å². The fourth-order valence-corrected chi connectivity index (χ4v) is 5.14. The van der Waals surface area contributed by atoms with Crippen LogP contribution in [0.5, 0.6) is 0 Å². The van der Waals surface area contributed by atoms with Crippen molar-refractivity contribution in [2.24, 2.45) is 4.99 Å². The van der Waals surface area contributed by atoms with Crippen molar-refractivity contribution in [3.8, 4) is 0 Å². The first-order valence-electron chi connectivity index (χ1n) is 10.3. The van der Waals surface area contributed by atoms with E-state index in [9.17, 15) is 9.59 Å². The molecule has 1 aromatic rings. The summed E-state index contributed by atoms with van der Waals surface area (Å²) in [5, 5.41) is 3.77. The molecule has 0 bridgehead atoms. The van der Waals surface area contributed by atoms with E-state index in [2.05, 4.69) is 16.9 Å². The van der Waals surface area contributed by atoms with Gasteiger partial charge in [-0.05, 0) is 37.1 Å². The van der Waals surface area contributed by atoms with Gasteiger partial charge in [0.2, 0.25) is 11.8 Å². The Kier molecular flexibility index (Phi) is 8.19. The molecule has 5 nitrogen and oxygen atoms in total. The first kappa shape index (κ1) is 21.9. The molecule has 3 rings (SSSR count). The van der Waals surface area contributed by atoms with E-state index < -0.39 is 5.25 Å². The fraction of sp³-hybridized carbons (Fsp3) is 0.500. The van der Waals surface area contributed by atoms with Gasteiger partial charge in [0.15, 0.2) is 5.17 Å². The second-order valence-corrected chi connectivity index (χ2v) is 9.09. The van der Waals surface area contributed by atoms with Gasteiger partial charge < -0.3 is 5.32 Å². The Balaban J connectivity index is 1.69. The summed E-state index contributed by atoms with van der Waals surface area (Å²) in [6.07, 6.45) is 9.85. The van der Waals surface area contributed by atoms with E-state index in [0.29, 0.717) is 17.3 Å². The number of nitrogens with zero attached hydrogens (tertiary/aromatic N) is 2. The maximum absolute atomic E-state index is 13.2. The van der Waals surface area contributed by atoms with Crippen molar-refractivity contribution in [1.29, 1.82) is 0 Å². The number of amidine groups is 1. The number of aliphatic imine (C=N–C) groups is 1. The molecule has 0 radical (unpaired) electrons. The van der Waals surface area contributed by atoms with Crippen LogP contribution in [0.1, 0.15) is 51.4 Å². The largest absolute Gasteiger partial charge is 0.326 e. The van der Waals surface area contributed by atoms with Crippen molar-refractivity contribution in [1.82, 2.24) is 4.90 Å². The molecule has 1 atom stereocenters. The Hall–Kier alpha value is -1.79. The second-order valence-electron chi connectivity index (χ2n) is 7.48. The maximum Gasteiger partial charge on any atom is 0.242 e. The summed E-state index contributed by atoms with van der Waals surface area (Å²) in [6.45, 7) is 4.21. The smallest absolute Gasteiger partial charge is 0.242 e. The van der Waals surface area contributed by atoms with Crippen LogP contribution in [0.4, 0.5) is 5.69 Å². The Bertz CT molecular complexity index is 758. The first-order chi connectivity index (χ1) is 14.1. The Morgan fingerprint density at radius 1 is 1.21 bits per heavy atom. The van der Waals surface area contributed by atoms with Crippen LogP contribution in [0.2, 0.25) is 5.02 Å². The predicted molar refractivity (Wildman–Crippen MR) is 122 cm³/mol. The zero-order valence-electron chi connectivity index (χ0n) is 16.6. The molecular formula is C22H28ClN3O2S. The third-order valence-corrected chi connectivity index (χ3v) is 6.70. The van der Waals surface area contributed by atoms with Gasteiger partial charge in [-0.1, -0.05) is 61.5 Å². The summed E-state index contributed by atoms with van der Waals surface area (Å²) in [4.78, 5) is 32.2. The lowest BCUT2D eigenvalue weighted by molar-refractivity contribution is -0.129. The Morgan fingerprint density at radius 3 is 2.52 bits per heavy atom. The highest BCUT2D eigenvalue weighted by atomic mass is 35.5. The third kappa shape index (κ3) is 6.09. The van der Waals surface area contributed by atoms with Crippen molar-refractivity contribution in [2.45, 2.75) is 62.7 Å². The number of carbonyl (C=O) groups is 2. The molecule has 0 spiro atoms. The number of thioether (sulfide) groups is 1. The predicted octanol–water partition coefficient (Wildman–Crippen LogP) is 5.27. The average Bonchev–Trinajstić information content (AvgIpc) is 2.97. The third-order valence-electron chi connectivity index (χ3n) is 5.26. The maximum atomic E-state index is 13.2. The zero-order valence-corrected chi connectivity index (χ0v) is 18.2. The quantitative estimate of drug-likeness (QED) is 0.622. The molecule has 2 aliphatic rings. The Labute approximate surface area is 182 Å². The molecule has 1 saturated heterocycles. The van der Waals surface area contributed by atoms with Gasteiger partial charge in [0.25, 0.3) is 0 Å². The molecule has 1 aromatic carbocycles. The van der Waals surface area contributed by atoms with Crippen LogP contribution in [0, 0.1) is 0 Å². The molecule has 1 saturated carbocycles. The summed E-state index contributed by atoms with van der Waals surface area (Å²) >= 11 is 7.30. The van der Waals surface area contributed by atoms with Crippen molar-refractivity contribution >= 4 is 46.0 Å². The lowest BCUT2D eigenvalue weighted by atomic mass is 9.95. The normalized spacial score (nSPS) is 22.4. The molecule has 1 N–H and O–H groups in total. The van der Waals surface area contributed by atoms with Crippen LogP contribution in [0.3, 0.4) is 0 Å². The van der Waals surface area contributed by atoms with Crippen molar-refractivity contribution < 1.29 is 9.59 Å². The number of amides is 2. The van der Waals surface area contributed by atoms with E-state index in [1.165, 1.54) is 31.0 Å². The number of anilines is 1. The average molecular weight is 434 g/mol. The standard InChI is InChI=1S/C22H28ClN3O2S/c1-2-14-24-22-26(18-8-6-4-3-5-7-9-18)21(28)19(29-22)15-20(27)25-17-12-10-16(23)11-13-17/h2,10-13,18-19H,1,3-9,14-15H2,(H,25,27).